The molecule has 1 amide bonds. The standard InChI is InChI=1S/C8H6Cl2FNO/c9-5-1-6(10)3-7(2-5)12-8(13)4-11/h1-3H,4H2,(H,12,13). The fourth-order valence-electron chi connectivity index (χ4n) is 0.820. The fraction of sp³-hybridized carbons (Fsp3) is 0.125. The van der Waals surface area contributed by atoms with Gasteiger partial charge in [-0.25, -0.2) is 4.39 Å². The molecule has 2 nitrogen and oxygen atoms in total. The average Bonchev–Trinajstić information content (AvgIpc) is 2.02. The summed E-state index contributed by atoms with van der Waals surface area (Å²) < 4.78 is 11.8. The molecule has 0 unspecified atom stereocenters. The molecule has 0 spiro atoms. The molecule has 1 N–H and O–H groups in total. The summed E-state index contributed by atoms with van der Waals surface area (Å²) in [6, 6.07) is 4.50. The lowest BCUT2D eigenvalue weighted by atomic mass is 10.3. The van der Waals surface area contributed by atoms with Gasteiger partial charge in [0.25, 0.3) is 5.91 Å². The molecule has 1 aromatic carbocycles. The second-order valence-corrected chi connectivity index (χ2v) is 3.21. The van der Waals surface area contributed by atoms with Crippen LogP contribution in [0.3, 0.4) is 0 Å². The lowest BCUT2D eigenvalue weighted by Crippen LogP contribution is -2.12. The number of carbonyl (C=O) groups excluding carboxylic acids is 1. The monoisotopic (exact) mass is 221 g/mol. The highest BCUT2D eigenvalue weighted by Gasteiger charge is 2.02. The Morgan fingerprint density at radius 3 is 2.31 bits per heavy atom. The summed E-state index contributed by atoms with van der Waals surface area (Å²) in [5.74, 6) is -0.724. The number of carbonyl (C=O) groups is 1. The zero-order chi connectivity index (χ0) is 9.84. The third kappa shape index (κ3) is 3.20. The van der Waals surface area contributed by atoms with Gasteiger partial charge in [-0.1, -0.05) is 23.2 Å². The minimum Gasteiger partial charge on any atom is -0.324 e. The van der Waals surface area contributed by atoms with Crippen LogP contribution >= 0.6 is 23.2 Å². The Kier molecular flexibility index (Phi) is 3.51. The number of hydrogen-bond donors (Lipinski definition) is 1. The van der Waals surface area contributed by atoms with E-state index in [0.717, 1.165) is 0 Å². The minimum atomic E-state index is -1.07. The molecule has 0 fully saturated rings. The van der Waals surface area contributed by atoms with E-state index in [-0.39, 0.29) is 0 Å². The van der Waals surface area contributed by atoms with Gasteiger partial charge in [-0.05, 0) is 18.2 Å². The van der Waals surface area contributed by atoms with Crippen LogP contribution in [0, 0.1) is 0 Å². The van der Waals surface area contributed by atoms with Crippen LogP contribution in [0.4, 0.5) is 10.1 Å². The Hall–Kier alpha value is -0.800. The van der Waals surface area contributed by atoms with Crippen molar-refractivity contribution < 1.29 is 9.18 Å². The number of anilines is 1. The molecule has 70 valence electrons. The molecule has 0 atom stereocenters. The summed E-state index contributed by atoms with van der Waals surface area (Å²) in [4.78, 5) is 10.6. The van der Waals surface area contributed by atoms with Gasteiger partial charge in [0, 0.05) is 15.7 Å². The van der Waals surface area contributed by atoms with Crippen LogP contribution in [0.15, 0.2) is 18.2 Å². The van der Waals surface area contributed by atoms with Gasteiger partial charge in [-0.3, -0.25) is 4.79 Å². The summed E-state index contributed by atoms with van der Waals surface area (Å²) in [7, 11) is 0. The van der Waals surface area contributed by atoms with Crippen LogP contribution in [0.25, 0.3) is 0 Å². The van der Waals surface area contributed by atoms with Crippen molar-refractivity contribution in [2.45, 2.75) is 0 Å². The molecule has 0 saturated carbocycles. The van der Waals surface area contributed by atoms with Crippen LogP contribution in [0.1, 0.15) is 0 Å². The minimum absolute atomic E-state index is 0.389. The Balaban J connectivity index is 2.83. The van der Waals surface area contributed by atoms with E-state index >= 15 is 0 Å². The quantitative estimate of drug-likeness (QED) is 0.818. The number of alkyl halides is 1. The third-order valence-corrected chi connectivity index (χ3v) is 1.70. The van der Waals surface area contributed by atoms with E-state index in [1.807, 2.05) is 0 Å². The highest BCUT2D eigenvalue weighted by atomic mass is 35.5. The zero-order valence-corrected chi connectivity index (χ0v) is 7.99. The summed E-state index contributed by atoms with van der Waals surface area (Å²) in [5.41, 5.74) is 0.389. The summed E-state index contributed by atoms with van der Waals surface area (Å²) >= 11 is 11.3. The molecular formula is C8H6Cl2FNO. The first-order chi connectivity index (χ1) is 6.11. The smallest absolute Gasteiger partial charge is 0.255 e. The van der Waals surface area contributed by atoms with Gasteiger partial charge in [0.2, 0.25) is 0 Å². The Bertz CT molecular complexity index is 310. The first-order valence-corrected chi connectivity index (χ1v) is 4.19. The summed E-state index contributed by atoms with van der Waals surface area (Å²) in [6.45, 7) is -1.07. The molecule has 0 radical (unpaired) electrons. The number of rotatable bonds is 2. The van der Waals surface area contributed by atoms with Gasteiger partial charge < -0.3 is 5.32 Å². The van der Waals surface area contributed by atoms with Crippen LogP contribution in [-0.2, 0) is 4.79 Å². The van der Waals surface area contributed by atoms with Crippen molar-refractivity contribution in [2.24, 2.45) is 0 Å². The molecule has 5 heteroatoms. The predicted octanol–water partition coefficient (Wildman–Crippen LogP) is 2.90. The summed E-state index contributed by atoms with van der Waals surface area (Å²) in [5, 5.41) is 3.07. The van der Waals surface area contributed by atoms with Crippen LogP contribution in [0.2, 0.25) is 10.0 Å². The van der Waals surface area contributed by atoms with Crippen molar-refractivity contribution >= 4 is 34.8 Å². The molecule has 0 aromatic heterocycles. The lowest BCUT2D eigenvalue weighted by molar-refractivity contribution is -0.117. The zero-order valence-electron chi connectivity index (χ0n) is 6.48. The van der Waals surface area contributed by atoms with E-state index in [9.17, 15) is 9.18 Å². The molecule has 1 rings (SSSR count). The maximum Gasteiger partial charge on any atom is 0.255 e. The maximum absolute atomic E-state index is 11.8. The summed E-state index contributed by atoms with van der Waals surface area (Å²) in [6.07, 6.45) is 0. The Labute approximate surface area is 84.6 Å². The topological polar surface area (TPSA) is 29.1 Å². The van der Waals surface area contributed by atoms with Crippen molar-refractivity contribution in [1.29, 1.82) is 0 Å². The number of benzene rings is 1. The van der Waals surface area contributed by atoms with E-state index in [4.69, 9.17) is 23.2 Å². The number of halogens is 3. The molecule has 0 bridgehead atoms. The highest BCUT2D eigenvalue weighted by molar-refractivity contribution is 6.35. The van der Waals surface area contributed by atoms with Crippen LogP contribution in [0.5, 0.6) is 0 Å². The molecular weight excluding hydrogens is 216 g/mol. The normalized spacial score (nSPS) is 9.77. The van der Waals surface area contributed by atoms with Crippen molar-refractivity contribution in [3.8, 4) is 0 Å². The molecule has 13 heavy (non-hydrogen) atoms. The van der Waals surface area contributed by atoms with Gasteiger partial charge in [0.05, 0.1) is 0 Å². The maximum atomic E-state index is 11.8. The van der Waals surface area contributed by atoms with Crippen LogP contribution in [-0.4, -0.2) is 12.6 Å². The number of hydrogen-bond acceptors (Lipinski definition) is 1. The lowest BCUT2D eigenvalue weighted by Gasteiger charge is -2.03. The Morgan fingerprint density at radius 2 is 1.85 bits per heavy atom. The van der Waals surface area contributed by atoms with Crippen molar-refractivity contribution in [1.82, 2.24) is 0 Å². The molecule has 0 aliphatic carbocycles. The molecule has 0 saturated heterocycles. The first kappa shape index (κ1) is 10.3. The predicted molar refractivity (Wildman–Crippen MR) is 51.1 cm³/mol. The SMILES string of the molecule is O=C(CF)Nc1cc(Cl)cc(Cl)c1. The van der Waals surface area contributed by atoms with E-state index in [1.165, 1.54) is 18.2 Å². The van der Waals surface area contributed by atoms with Gasteiger partial charge in [0.1, 0.15) is 0 Å². The van der Waals surface area contributed by atoms with Gasteiger partial charge in [-0.2, -0.15) is 0 Å². The number of nitrogens with one attached hydrogen (secondary N) is 1. The van der Waals surface area contributed by atoms with E-state index in [2.05, 4.69) is 5.32 Å². The van der Waals surface area contributed by atoms with Gasteiger partial charge in [0.15, 0.2) is 6.67 Å². The molecule has 0 aliphatic rings. The molecule has 0 aliphatic heterocycles. The molecule has 1 aromatic rings. The van der Waals surface area contributed by atoms with E-state index in [1.54, 1.807) is 0 Å². The van der Waals surface area contributed by atoms with E-state index < -0.39 is 12.6 Å². The second kappa shape index (κ2) is 4.44. The van der Waals surface area contributed by atoms with Crippen LogP contribution < -0.4 is 5.32 Å². The second-order valence-electron chi connectivity index (χ2n) is 2.34. The van der Waals surface area contributed by atoms with Crippen molar-refractivity contribution in [3.63, 3.8) is 0 Å². The van der Waals surface area contributed by atoms with Crippen molar-refractivity contribution in [3.05, 3.63) is 28.2 Å². The largest absolute Gasteiger partial charge is 0.324 e. The highest BCUT2D eigenvalue weighted by Crippen LogP contribution is 2.22. The van der Waals surface area contributed by atoms with Crippen molar-refractivity contribution in [2.75, 3.05) is 12.0 Å². The third-order valence-electron chi connectivity index (χ3n) is 1.27. The van der Waals surface area contributed by atoms with Gasteiger partial charge >= 0.3 is 0 Å². The fourth-order valence-corrected chi connectivity index (χ4v) is 1.35. The number of amides is 1. The van der Waals surface area contributed by atoms with E-state index in [0.29, 0.717) is 15.7 Å². The molecule has 0 heterocycles. The first-order valence-electron chi connectivity index (χ1n) is 3.43. The average molecular weight is 222 g/mol. The Morgan fingerprint density at radius 1 is 1.31 bits per heavy atom. The van der Waals surface area contributed by atoms with Gasteiger partial charge in [-0.15, -0.1) is 0 Å².